The van der Waals surface area contributed by atoms with Gasteiger partial charge in [-0.3, -0.25) is 9.59 Å². The minimum Gasteiger partial charge on any atom is -0.467 e. The van der Waals surface area contributed by atoms with Gasteiger partial charge in [-0.15, -0.1) is 11.8 Å². The van der Waals surface area contributed by atoms with E-state index in [-0.39, 0.29) is 17.9 Å². The average molecular weight is 501 g/mol. The van der Waals surface area contributed by atoms with Crippen LogP contribution in [0.25, 0.3) is 6.08 Å². The van der Waals surface area contributed by atoms with Crippen LogP contribution in [-0.4, -0.2) is 28.0 Å². The summed E-state index contributed by atoms with van der Waals surface area (Å²) in [5.41, 5.74) is 5.18. The first-order valence-corrected chi connectivity index (χ1v) is 13.5. The molecule has 0 radical (unpaired) electrons. The number of furan rings is 1. The first-order valence-electron chi connectivity index (χ1n) is 12.6. The third-order valence-electron chi connectivity index (χ3n) is 7.14. The number of hydrogen-bond donors (Lipinski definition) is 1. The highest BCUT2D eigenvalue weighted by Crippen LogP contribution is 2.43. The van der Waals surface area contributed by atoms with Crippen molar-refractivity contribution >= 4 is 29.7 Å². The molecule has 1 aromatic heterocycles. The van der Waals surface area contributed by atoms with Gasteiger partial charge in [0.1, 0.15) is 5.76 Å². The first kappa shape index (κ1) is 24.4. The molecule has 6 heteroatoms. The van der Waals surface area contributed by atoms with E-state index >= 15 is 0 Å². The van der Waals surface area contributed by atoms with Crippen LogP contribution in [0.5, 0.6) is 0 Å². The first-order chi connectivity index (χ1) is 17.5. The molecule has 5 nitrogen and oxygen atoms in total. The fraction of sp³-hybridized carbons (Fsp3) is 0.333. The molecular formula is C30H32N2O3S. The van der Waals surface area contributed by atoms with Crippen LogP contribution in [0.4, 0.5) is 0 Å². The van der Waals surface area contributed by atoms with Crippen molar-refractivity contribution in [1.29, 1.82) is 0 Å². The Hall–Kier alpha value is -3.25. The maximum atomic E-state index is 13.7. The predicted molar refractivity (Wildman–Crippen MR) is 144 cm³/mol. The second kappa shape index (κ2) is 10.8. The minimum absolute atomic E-state index is 0.115. The third-order valence-corrected chi connectivity index (χ3v) is 8.54. The molecule has 1 N–H and O–H groups in total. The van der Waals surface area contributed by atoms with E-state index in [9.17, 15) is 9.59 Å². The highest BCUT2D eigenvalue weighted by molar-refractivity contribution is 8.04. The van der Waals surface area contributed by atoms with E-state index in [4.69, 9.17) is 4.42 Å². The number of nitrogens with zero attached hydrogens (tertiary/aromatic N) is 1. The van der Waals surface area contributed by atoms with Crippen LogP contribution < -0.4 is 5.32 Å². The summed E-state index contributed by atoms with van der Waals surface area (Å²) in [6, 6.07) is 17.8. The van der Waals surface area contributed by atoms with Gasteiger partial charge >= 0.3 is 0 Å². The number of thioether (sulfide) groups is 1. The zero-order chi connectivity index (χ0) is 25.1. The summed E-state index contributed by atoms with van der Waals surface area (Å²) in [5, 5.41) is 3.29. The maximum absolute atomic E-state index is 13.7. The Morgan fingerprint density at radius 2 is 1.92 bits per heavy atom. The molecule has 1 aliphatic heterocycles. The molecule has 2 aliphatic rings. The summed E-state index contributed by atoms with van der Waals surface area (Å²) < 4.78 is 5.27. The molecule has 2 unspecified atom stereocenters. The maximum Gasteiger partial charge on any atom is 0.260 e. The van der Waals surface area contributed by atoms with Crippen molar-refractivity contribution < 1.29 is 14.0 Å². The Labute approximate surface area is 217 Å². The van der Waals surface area contributed by atoms with E-state index in [1.807, 2.05) is 24.3 Å². The van der Waals surface area contributed by atoms with Gasteiger partial charge in [0.15, 0.2) is 0 Å². The Morgan fingerprint density at radius 1 is 1.11 bits per heavy atom. The van der Waals surface area contributed by atoms with Gasteiger partial charge in [-0.1, -0.05) is 48.7 Å². The van der Waals surface area contributed by atoms with Crippen molar-refractivity contribution in [3.05, 3.63) is 99.3 Å². The zero-order valence-electron chi connectivity index (χ0n) is 20.8. The normalized spacial score (nSPS) is 20.9. The van der Waals surface area contributed by atoms with E-state index in [1.165, 1.54) is 29.5 Å². The summed E-state index contributed by atoms with van der Waals surface area (Å²) >= 11 is 1.74. The number of rotatable bonds is 6. The van der Waals surface area contributed by atoms with Gasteiger partial charge in [0.2, 0.25) is 0 Å². The zero-order valence-corrected chi connectivity index (χ0v) is 21.6. The van der Waals surface area contributed by atoms with Crippen LogP contribution >= 0.6 is 11.8 Å². The molecule has 3 aromatic rings. The molecule has 2 heterocycles. The van der Waals surface area contributed by atoms with Crippen LogP contribution in [0.15, 0.2) is 70.2 Å². The molecule has 2 amide bonds. The van der Waals surface area contributed by atoms with Crippen molar-refractivity contribution in [3.63, 3.8) is 0 Å². The summed E-state index contributed by atoms with van der Waals surface area (Å²) in [6.45, 7) is 5.23. The van der Waals surface area contributed by atoms with Crippen molar-refractivity contribution in [3.8, 4) is 0 Å². The van der Waals surface area contributed by atoms with Gasteiger partial charge in [0.05, 0.1) is 17.7 Å². The Balaban J connectivity index is 1.34. The van der Waals surface area contributed by atoms with Gasteiger partial charge in [0.25, 0.3) is 11.8 Å². The van der Waals surface area contributed by atoms with Crippen molar-refractivity contribution in [2.24, 2.45) is 0 Å². The van der Waals surface area contributed by atoms with E-state index in [0.717, 1.165) is 23.3 Å². The lowest BCUT2D eigenvalue weighted by Crippen LogP contribution is -2.50. The second-order valence-electron chi connectivity index (χ2n) is 9.76. The van der Waals surface area contributed by atoms with Gasteiger partial charge in [-0.2, -0.15) is 0 Å². The highest BCUT2D eigenvalue weighted by Gasteiger charge is 2.40. The largest absolute Gasteiger partial charge is 0.467 e. The van der Waals surface area contributed by atoms with Gasteiger partial charge in [-0.05, 0) is 73.7 Å². The summed E-state index contributed by atoms with van der Waals surface area (Å²) in [7, 11) is 0. The molecule has 1 aliphatic carbocycles. The monoisotopic (exact) mass is 500 g/mol. The molecule has 0 bridgehead atoms. The number of benzene rings is 2. The van der Waals surface area contributed by atoms with E-state index in [0.29, 0.717) is 29.7 Å². The van der Waals surface area contributed by atoms with Gasteiger partial charge in [-0.25, -0.2) is 0 Å². The molecule has 2 atom stereocenters. The molecule has 186 valence electrons. The van der Waals surface area contributed by atoms with E-state index in [1.54, 1.807) is 36.2 Å². The van der Waals surface area contributed by atoms with E-state index in [2.05, 4.69) is 42.3 Å². The number of aryl methyl sites for hydroxylation is 2. The fourth-order valence-corrected chi connectivity index (χ4v) is 6.55. The SMILES string of the molecule is Cc1ccc(C)c(CN2C(=O)/C(=C/c3ccc(C(=O)NCc4ccco4)cc3)SC3CCCCC32)c1. The Kier molecular flexibility index (Phi) is 7.33. The van der Waals surface area contributed by atoms with Gasteiger partial charge in [0, 0.05) is 23.4 Å². The molecule has 2 fully saturated rings. The van der Waals surface area contributed by atoms with Gasteiger partial charge < -0.3 is 14.6 Å². The molecule has 36 heavy (non-hydrogen) atoms. The predicted octanol–water partition coefficient (Wildman–Crippen LogP) is 6.25. The number of hydrogen-bond acceptors (Lipinski definition) is 4. The van der Waals surface area contributed by atoms with Crippen molar-refractivity contribution in [2.75, 3.05) is 0 Å². The van der Waals surface area contributed by atoms with Crippen LogP contribution in [0.2, 0.25) is 0 Å². The number of nitrogens with one attached hydrogen (secondary N) is 1. The third kappa shape index (κ3) is 5.44. The Bertz CT molecular complexity index is 1260. The molecule has 2 aromatic carbocycles. The van der Waals surface area contributed by atoms with E-state index < -0.39 is 0 Å². The molecule has 1 saturated heterocycles. The average Bonchev–Trinajstić information content (AvgIpc) is 3.41. The topological polar surface area (TPSA) is 62.6 Å². The van der Waals surface area contributed by atoms with Crippen molar-refractivity contribution in [2.45, 2.75) is 63.9 Å². The summed E-state index contributed by atoms with van der Waals surface area (Å²) in [4.78, 5) is 29.1. The van der Waals surface area contributed by atoms with Crippen LogP contribution in [-0.2, 0) is 17.9 Å². The molecule has 0 spiro atoms. The lowest BCUT2D eigenvalue weighted by atomic mass is 9.92. The molecule has 1 saturated carbocycles. The molecular weight excluding hydrogens is 468 g/mol. The summed E-state index contributed by atoms with van der Waals surface area (Å²) in [5.74, 6) is 0.673. The van der Waals surface area contributed by atoms with Crippen LogP contribution in [0.1, 0.15) is 64.1 Å². The lowest BCUT2D eigenvalue weighted by molar-refractivity contribution is -0.130. The fourth-order valence-electron chi connectivity index (χ4n) is 5.08. The standard InChI is InChI=1S/C30H32N2O3S/c1-20-9-10-21(2)24(16-20)19-32-26-7-3-4-8-27(26)36-28(30(32)34)17-22-11-13-23(14-12-22)29(33)31-18-25-6-5-15-35-25/h5-6,9-17,26-27H,3-4,7-8,18-19H2,1-2H3,(H,31,33)/b28-17-. The van der Waals surface area contributed by atoms with Crippen molar-refractivity contribution in [1.82, 2.24) is 10.2 Å². The number of amides is 2. The number of fused-ring (bicyclic) bond motifs is 1. The smallest absolute Gasteiger partial charge is 0.260 e. The minimum atomic E-state index is -0.154. The number of carbonyl (C=O) groups is 2. The lowest BCUT2D eigenvalue weighted by Gasteiger charge is -2.44. The number of carbonyl (C=O) groups excluding carboxylic acids is 2. The highest BCUT2D eigenvalue weighted by atomic mass is 32.2. The second-order valence-corrected chi connectivity index (χ2v) is 11.0. The van der Waals surface area contributed by atoms with Crippen LogP contribution in [0.3, 0.4) is 0 Å². The van der Waals surface area contributed by atoms with Crippen LogP contribution in [0, 0.1) is 13.8 Å². The summed E-state index contributed by atoms with van der Waals surface area (Å²) in [6.07, 6.45) is 8.18. The molecule has 5 rings (SSSR count). The quantitative estimate of drug-likeness (QED) is 0.406. The Morgan fingerprint density at radius 3 is 2.69 bits per heavy atom.